The summed E-state index contributed by atoms with van der Waals surface area (Å²) in [7, 11) is 4.89. The maximum absolute atomic E-state index is 11.8. The molecule has 0 unspecified atom stereocenters. The summed E-state index contributed by atoms with van der Waals surface area (Å²) >= 11 is 0. The third-order valence-corrected chi connectivity index (χ3v) is 4.69. The number of cyclic esters (lactones) is 1. The molecule has 0 aliphatic carbocycles. The van der Waals surface area contributed by atoms with Crippen LogP contribution in [0.2, 0.25) is 0 Å². The third-order valence-electron chi connectivity index (χ3n) is 4.69. The van der Waals surface area contributed by atoms with Gasteiger partial charge in [0.15, 0.2) is 5.96 Å². The van der Waals surface area contributed by atoms with Crippen molar-refractivity contribution in [3.05, 3.63) is 33.9 Å². The summed E-state index contributed by atoms with van der Waals surface area (Å²) in [6.07, 6.45) is 2.68. The number of carboxylic acid groups (broad SMARTS) is 1. The van der Waals surface area contributed by atoms with Crippen LogP contribution in [-0.2, 0) is 22.6 Å². The first-order valence-electron chi connectivity index (χ1n) is 9.71. The minimum Gasteiger partial charge on any atom is -0.507 e. The van der Waals surface area contributed by atoms with Crippen molar-refractivity contribution >= 4 is 23.9 Å². The lowest BCUT2D eigenvalue weighted by Gasteiger charge is -2.15. The molecule has 11 heteroatoms. The van der Waals surface area contributed by atoms with Gasteiger partial charge in [0.05, 0.1) is 7.11 Å². The molecule has 0 fully saturated rings. The second kappa shape index (κ2) is 11.6. The number of hydrogen-bond donors (Lipinski definition) is 5. The van der Waals surface area contributed by atoms with E-state index in [-0.39, 0.29) is 36.3 Å². The van der Waals surface area contributed by atoms with E-state index in [0.717, 1.165) is 11.1 Å². The third kappa shape index (κ3) is 6.89. The van der Waals surface area contributed by atoms with Crippen molar-refractivity contribution in [3.8, 4) is 11.5 Å². The van der Waals surface area contributed by atoms with Gasteiger partial charge < -0.3 is 36.1 Å². The van der Waals surface area contributed by atoms with Crippen molar-refractivity contribution in [2.45, 2.75) is 39.7 Å². The molecule has 1 aliphatic rings. The normalized spacial score (nSPS) is 12.2. The minimum atomic E-state index is -0.853. The van der Waals surface area contributed by atoms with Crippen molar-refractivity contribution in [1.29, 1.82) is 5.41 Å². The molecular weight excluding hydrogens is 418 g/mol. The number of hydrogen-bond acceptors (Lipinski definition) is 6. The highest BCUT2D eigenvalue weighted by atomic mass is 16.5. The number of ether oxygens (including phenoxy) is 2. The summed E-state index contributed by atoms with van der Waals surface area (Å²) in [6.45, 7) is 3.79. The van der Waals surface area contributed by atoms with E-state index in [0.29, 0.717) is 29.7 Å². The summed E-state index contributed by atoms with van der Waals surface area (Å²) in [4.78, 5) is 27.4. The van der Waals surface area contributed by atoms with Gasteiger partial charge in [0.25, 0.3) is 0 Å². The highest BCUT2D eigenvalue weighted by Crippen LogP contribution is 2.42. The van der Waals surface area contributed by atoms with Crippen LogP contribution in [0, 0.1) is 12.3 Å². The molecule has 7 N–H and O–H groups in total. The van der Waals surface area contributed by atoms with Gasteiger partial charge in [-0.1, -0.05) is 11.6 Å². The van der Waals surface area contributed by atoms with Gasteiger partial charge >= 0.3 is 11.9 Å². The van der Waals surface area contributed by atoms with E-state index >= 15 is 0 Å². The second-order valence-corrected chi connectivity index (χ2v) is 7.32. The quantitative estimate of drug-likeness (QED) is 0.186. The number of carbonyl (C=O) groups is 2. The Morgan fingerprint density at radius 2 is 1.97 bits per heavy atom. The lowest BCUT2D eigenvalue weighted by Crippen LogP contribution is -2.28. The van der Waals surface area contributed by atoms with Crippen molar-refractivity contribution in [1.82, 2.24) is 4.90 Å². The van der Waals surface area contributed by atoms with Crippen LogP contribution in [0.15, 0.2) is 16.6 Å². The summed E-state index contributed by atoms with van der Waals surface area (Å²) < 4.78 is 10.4. The second-order valence-electron chi connectivity index (χ2n) is 7.32. The Morgan fingerprint density at radius 3 is 2.44 bits per heavy atom. The molecule has 32 heavy (non-hydrogen) atoms. The number of guanidine groups is 2. The predicted octanol–water partition coefficient (Wildman–Crippen LogP) is 1.49. The molecule has 11 nitrogen and oxygen atoms in total. The maximum Gasteiger partial charge on any atom is 0.342 e. The summed E-state index contributed by atoms with van der Waals surface area (Å²) in [6, 6.07) is 0. The minimum absolute atomic E-state index is 0.0509. The number of esters is 1. The topological polar surface area (TPSA) is 185 Å². The average molecular weight is 450 g/mol. The Hall–Kier alpha value is -3.76. The zero-order valence-electron chi connectivity index (χ0n) is 19.0. The number of rotatable bonds is 6. The molecule has 2 rings (SSSR count). The van der Waals surface area contributed by atoms with Gasteiger partial charge in [-0.05, 0) is 32.3 Å². The molecule has 0 atom stereocenters. The summed E-state index contributed by atoms with van der Waals surface area (Å²) in [5, 5.41) is 26.2. The number of nitrogens with two attached hydrogens (primary N) is 2. The van der Waals surface area contributed by atoms with Crippen LogP contribution in [0.5, 0.6) is 11.5 Å². The number of fused-ring (bicyclic) bond motifs is 1. The number of phenols is 1. The smallest absolute Gasteiger partial charge is 0.342 e. The maximum atomic E-state index is 11.8. The fraction of sp³-hybridized carbons (Fsp3) is 0.429. The van der Waals surface area contributed by atoms with Crippen molar-refractivity contribution in [2.75, 3.05) is 21.2 Å². The summed E-state index contributed by atoms with van der Waals surface area (Å²) in [5.74, 6) is -1.01. The molecule has 0 aromatic heterocycles. The Kier molecular flexibility index (Phi) is 9.51. The number of aliphatic carboxylic acids is 1. The van der Waals surface area contributed by atoms with Crippen molar-refractivity contribution < 1.29 is 29.3 Å². The Morgan fingerprint density at radius 1 is 1.34 bits per heavy atom. The zero-order chi connectivity index (χ0) is 24.6. The van der Waals surface area contributed by atoms with Crippen LogP contribution in [0.3, 0.4) is 0 Å². The number of nitrogens with zero attached hydrogens (tertiary/aromatic N) is 2. The number of carboxylic acids is 1. The Bertz CT molecular complexity index is 949. The van der Waals surface area contributed by atoms with Crippen LogP contribution in [0.4, 0.5) is 0 Å². The molecule has 1 aromatic carbocycles. The van der Waals surface area contributed by atoms with Gasteiger partial charge in [-0.3, -0.25) is 10.2 Å². The Labute approximate surface area is 186 Å². The summed E-state index contributed by atoms with van der Waals surface area (Å²) in [5.41, 5.74) is 13.0. The molecule has 1 aromatic rings. The molecule has 0 bridgehead atoms. The van der Waals surface area contributed by atoms with Gasteiger partial charge in [-0.15, -0.1) is 0 Å². The van der Waals surface area contributed by atoms with Crippen LogP contribution in [0.1, 0.15) is 46.8 Å². The van der Waals surface area contributed by atoms with E-state index in [1.54, 1.807) is 14.1 Å². The molecule has 0 saturated carbocycles. The van der Waals surface area contributed by atoms with E-state index < -0.39 is 11.9 Å². The Balaban J connectivity index is 0.000000482. The monoisotopic (exact) mass is 449 g/mol. The molecule has 1 aliphatic heterocycles. The van der Waals surface area contributed by atoms with E-state index in [1.807, 2.05) is 19.9 Å². The number of carbonyl (C=O) groups excluding carboxylic acids is 1. The number of aliphatic imine (C=N–C) groups is 1. The van der Waals surface area contributed by atoms with Crippen LogP contribution < -0.4 is 16.2 Å². The fourth-order valence-corrected chi connectivity index (χ4v) is 2.93. The van der Waals surface area contributed by atoms with E-state index in [4.69, 9.17) is 31.5 Å². The van der Waals surface area contributed by atoms with Gasteiger partial charge in [-0.25, -0.2) is 4.79 Å². The van der Waals surface area contributed by atoms with E-state index in [2.05, 4.69) is 4.99 Å². The van der Waals surface area contributed by atoms with Gasteiger partial charge in [0.2, 0.25) is 5.96 Å². The van der Waals surface area contributed by atoms with Crippen molar-refractivity contribution in [2.24, 2.45) is 16.5 Å². The van der Waals surface area contributed by atoms with E-state index in [1.165, 1.54) is 12.0 Å². The van der Waals surface area contributed by atoms with Crippen LogP contribution >= 0.6 is 0 Å². The zero-order valence-corrected chi connectivity index (χ0v) is 19.0. The molecule has 0 amide bonds. The van der Waals surface area contributed by atoms with Gasteiger partial charge in [0, 0.05) is 31.6 Å². The highest BCUT2D eigenvalue weighted by Gasteiger charge is 2.31. The molecular formula is C21H31N5O6. The lowest BCUT2D eigenvalue weighted by molar-refractivity contribution is -0.136. The molecule has 176 valence electrons. The van der Waals surface area contributed by atoms with Gasteiger partial charge in [0.1, 0.15) is 23.7 Å². The highest BCUT2D eigenvalue weighted by molar-refractivity contribution is 5.98. The first kappa shape index (κ1) is 26.3. The molecule has 0 radical (unpaired) electrons. The molecule has 0 saturated heterocycles. The molecule has 1 heterocycles. The van der Waals surface area contributed by atoms with E-state index in [9.17, 15) is 14.7 Å². The first-order chi connectivity index (χ1) is 14.9. The van der Waals surface area contributed by atoms with Crippen LogP contribution in [-0.4, -0.2) is 60.2 Å². The van der Waals surface area contributed by atoms with Crippen LogP contribution in [0.25, 0.3) is 0 Å². The fourth-order valence-electron chi connectivity index (χ4n) is 2.93. The molecule has 0 spiro atoms. The number of methoxy groups -OCH3 is 1. The van der Waals surface area contributed by atoms with Crippen molar-refractivity contribution in [3.63, 3.8) is 0 Å². The SMILES string of the molecule is CN(C)C(=N)N=C(N)N.COc1c(C)c2c(c(O)c1C/C=C(\C)CCC(=O)O)C(=O)OC2. The predicted molar refractivity (Wildman–Crippen MR) is 120 cm³/mol. The van der Waals surface area contributed by atoms with Gasteiger partial charge in [-0.2, -0.15) is 4.99 Å². The number of benzene rings is 1. The number of aromatic hydroxyl groups is 1. The number of phenolic OH excluding ortho intramolecular Hbond substituents is 1. The first-order valence-corrected chi connectivity index (χ1v) is 9.71. The lowest BCUT2D eigenvalue weighted by atomic mass is 9.94. The number of nitrogens with one attached hydrogen (secondary N) is 1. The average Bonchev–Trinajstić information content (AvgIpc) is 3.09. The standard InChI is InChI=1S/C17H20O6.C4H11N5/c1-9(5-7-13(18)19)4-6-11-15(20)14-12(8-23-17(14)21)10(2)16(11)22-3;1-9(2)4(7)8-3(5)6/h4,20H,5-8H2,1-3H3,(H,18,19);1-2H3,(H5,5,6,7,8)/b9-4+;. The largest absolute Gasteiger partial charge is 0.507 e. The number of allylic oxidation sites excluding steroid dienone is 2.